The van der Waals surface area contributed by atoms with Crippen LogP contribution in [0.15, 0.2) is 46.6 Å². The fourth-order valence-electron chi connectivity index (χ4n) is 4.13. The molecule has 148 valence electrons. The molecule has 0 bridgehead atoms. The third kappa shape index (κ3) is 3.99. The molecule has 1 atom stereocenters. The van der Waals surface area contributed by atoms with Crippen LogP contribution in [0.5, 0.6) is 0 Å². The van der Waals surface area contributed by atoms with E-state index in [9.17, 15) is 9.90 Å². The first-order chi connectivity index (χ1) is 13.2. The summed E-state index contributed by atoms with van der Waals surface area (Å²) in [5, 5.41) is 18.4. The molecule has 0 saturated carbocycles. The van der Waals surface area contributed by atoms with Crippen molar-refractivity contribution >= 4 is 22.8 Å². The number of ketones is 1. The Morgan fingerprint density at radius 2 is 1.89 bits per heavy atom. The summed E-state index contributed by atoms with van der Waals surface area (Å²) in [7, 11) is 0. The number of rotatable bonds is 5. The summed E-state index contributed by atoms with van der Waals surface area (Å²) in [6.45, 7) is 11.1. The molecule has 1 aliphatic heterocycles. The van der Waals surface area contributed by atoms with E-state index in [1.165, 1.54) is 11.3 Å². The van der Waals surface area contributed by atoms with Crippen molar-refractivity contribution in [1.29, 1.82) is 0 Å². The number of hydrogen-bond donors (Lipinski definition) is 1. The minimum absolute atomic E-state index is 0.00305. The molecule has 0 unspecified atom stereocenters. The largest absolute Gasteiger partial charge is 0.395 e. The predicted octanol–water partition coefficient (Wildman–Crippen LogP) is 5.70. The molecular formula is C23H29N3O2. The summed E-state index contributed by atoms with van der Waals surface area (Å²) < 4.78 is 0. The van der Waals surface area contributed by atoms with E-state index in [1.54, 1.807) is 19.1 Å². The molecule has 0 fully saturated rings. The maximum atomic E-state index is 11.4. The van der Waals surface area contributed by atoms with Gasteiger partial charge in [-0.25, -0.2) is 0 Å². The zero-order valence-electron chi connectivity index (χ0n) is 17.4. The smallest absolute Gasteiger partial charge is 0.159 e. The van der Waals surface area contributed by atoms with Gasteiger partial charge in [-0.05, 0) is 87.6 Å². The molecule has 0 aliphatic carbocycles. The van der Waals surface area contributed by atoms with Crippen LogP contribution >= 0.6 is 0 Å². The molecule has 0 aromatic heterocycles. The number of aliphatic hydroxyl groups excluding tert-OH is 1. The number of anilines is 1. The zero-order valence-corrected chi connectivity index (χ0v) is 17.4. The second kappa shape index (κ2) is 7.84. The predicted molar refractivity (Wildman–Crippen MR) is 113 cm³/mol. The molecule has 0 spiro atoms. The quantitative estimate of drug-likeness (QED) is 0.535. The third-order valence-electron chi connectivity index (χ3n) is 5.57. The number of nitrogens with zero attached hydrogens (tertiary/aromatic N) is 3. The number of benzene rings is 2. The van der Waals surface area contributed by atoms with Crippen molar-refractivity contribution in [1.82, 2.24) is 0 Å². The maximum absolute atomic E-state index is 11.4. The van der Waals surface area contributed by atoms with E-state index in [2.05, 4.69) is 48.0 Å². The van der Waals surface area contributed by atoms with Crippen LogP contribution in [-0.2, 0) is 0 Å². The number of Topliss-reactive ketones (excluding diaryl/α,β-unsaturated/α-hetero) is 1. The van der Waals surface area contributed by atoms with Crippen LogP contribution in [0.3, 0.4) is 0 Å². The van der Waals surface area contributed by atoms with Crippen molar-refractivity contribution in [2.24, 2.45) is 10.2 Å². The van der Waals surface area contributed by atoms with Crippen LogP contribution in [0.1, 0.15) is 61.5 Å². The van der Waals surface area contributed by atoms with Crippen LogP contribution in [-0.4, -0.2) is 29.6 Å². The van der Waals surface area contributed by atoms with Crippen LogP contribution in [0.4, 0.5) is 17.1 Å². The molecular weight excluding hydrogens is 350 g/mol. The molecule has 0 radical (unpaired) electrons. The highest BCUT2D eigenvalue weighted by Crippen LogP contribution is 2.45. The summed E-state index contributed by atoms with van der Waals surface area (Å²) >= 11 is 0. The molecule has 0 amide bonds. The summed E-state index contributed by atoms with van der Waals surface area (Å²) in [5.41, 5.74) is 5.73. The van der Waals surface area contributed by atoms with Crippen molar-refractivity contribution in [3.05, 3.63) is 53.1 Å². The summed E-state index contributed by atoms with van der Waals surface area (Å²) in [5.74, 6) is 0.447. The second-order valence-electron chi connectivity index (χ2n) is 8.29. The number of aliphatic hydroxyl groups is 1. The third-order valence-corrected chi connectivity index (χ3v) is 5.57. The molecule has 1 heterocycles. The van der Waals surface area contributed by atoms with E-state index in [0.717, 1.165) is 23.4 Å². The lowest BCUT2D eigenvalue weighted by Crippen LogP contribution is -2.49. The summed E-state index contributed by atoms with van der Waals surface area (Å²) in [4.78, 5) is 13.7. The van der Waals surface area contributed by atoms with Crippen LogP contribution in [0, 0.1) is 6.92 Å². The Hall–Kier alpha value is -2.53. The minimum Gasteiger partial charge on any atom is -0.395 e. The molecule has 0 saturated heterocycles. The van der Waals surface area contributed by atoms with Gasteiger partial charge in [0.1, 0.15) is 0 Å². The lowest BCUT2D eigenvalue weighted by molar-refractivity contribution is 0.101. The Balaban J connectivity index is 1.94. The maximum Gasteiger partial charge on any atom is 0.159 e. The average molecular weight is 380 g/mol. The Kier molecular flexibility index (Phi) is 5.66. The van der Waals surface area contributed by atoms with E-state index in [4.69, 9.17) is 0 Å². The van der Waals surface area contributed by atoms with Gasteiger partial charge in [-0.3, -0.25) is 4.79 Å². The van der Waals surface area contributed by atoms with Crippen molar-refractivity contribution in [3.63, 3.8) is 0 Å². The number of hydrogen-bond acceptors (Lipinski definition) is 5. The molecule has 1 N–H and O–H groups in total. The Labute approximate surface area is 167 Å². The fraction of sp³-hybridized carbons (Fsp3) is 0.435. The highest BCUT2D eigenvalue weighted by atomic mass is 16.3. The van der Waals surface area contributed by atoms with E-state index >= 15 is 0 Å². The first-order valence-corrected chi connectivity index (χ1v) is 9.78. The molecule has 1 aliphatic rings. The van der Waals surface area contributed by atoms with Crippen molar-refractivity contribution < 1.29 is 9.90 Å². The number of carbonyl (C=O) groups is 1. The van der Waals surface area contributed by atoms with Crippen LogP contribution < -0.4 is 4.90 Å². The Morgan fingerprint density at radius 3 is 2.50 bits per heavy atom. The molecule has 2 aromatic rings. The van der Waals surface area contributed by atoms with Crippen LogP contribution in [0.2, 0.25) is 0 Å². The Bertz CT molecular complexity index is 901. The Morgan fingerprint density at radius 1 is 1.21 bits per heavy atom. The van der Waals surface area contributed by atoms with E-state index in [-0.39, 0.29) is 17.9 Å². The monoisotopic (exact) mass is 379 g/mol. The van der Waals surface area contributed by atoms with Gasteiger partial charge in [-0.15, -0.1) is 0 Å². The molecule has 3 rings (SSSR count). The summed E-state index contributed by atoms with van der Waals surface area (Å²) in [6.07, 6.45) is 1.02. The van der Waals surface area contributed by atoms with Crippen molar-refractivity contribution in [2.45, 2.75) is 52.5 Å². The van der Waals surface area contributed by atoms with E-state index < -0.39 is 0 Å². The van der Waals surface area contributed by atoms with Crippen molar-refractivity contribution in [3.8, 4) is 0 Å². The van der Waals surface area contributed by atoms with Gasteiger partial charge in [0.2, 0.25) is 0 Å². The van der Waals surface area contributed by atoms with Gasteiger partial charge in [0.25, 0.3) is 0 Å². The number of carbonyl (C=O) groups excluding carboxylic acids is 1. The number of β-amino-alcohol motifs (C(OH)–C–C–N with tert-alkyl or cyclic N) is 1. The average Bonchev–Trinajstić information content (AvgIpc) is 2.63. The lowest BCUT2D eigenvalue weighted by atomic mass is 9.79. The first kappa shape index (κ1) is 20.2. The molecule has 2 aromatic carbocycles. The zero-order chi connectivity index (χ0) is 20.5. The fourth-order valence-corrected chi connectivity index (χ4v) is 4.13. The number of aryl methyl sites for hydroxylation is 1. The van der Waals surface area contributed by atoms with Gasteiger partial charge in [0.05, 0.1) is 18.0 Å². The van der Waals surface area contributed by atoms with E-state index in [1.807, 2.05) is 19.1 Å². The van der Waals surface area contributed by atoms with Gasteiger partial charge in [0, 0.05) is 23.3 Å². The standard InChI is InChI=1S/C23H29N3O2/c1-15-12-22-20(16(2)14-23(4,5)26(22)10-11-27)13-21(15)25-24-19-8-6-18(7-9-19)17(3)28/h6-9,12-13,16,27H,10-11,14H2,1-5H3/t16-/m1/s1. The van der Waals surface area contributed by atoms with Gasteiger partial charge in [0.15, 0.2) is 5.78 Å². The molecule has 5 nitrogen and oxygen atoms in total. The lowest BCUT2D eigenvalue weighted by Gasteiger charge is -2.47. The van der Waals surface area contributed by atoms with Gasteiger partial charge in [-0.1, -0.05) is 6.92 Å². The molecule has 28 heavy (non-hydrogen) atoms. The molecule has 5 heteroatoms. The SMILES string of the molecule is CC(=O)c1ccc(N=Nc2cc3c(cc2C)N(CCO)C(C)(C)C[C@H]3C)cc1. The van der Waals surface area contributed by atoms with E-state index in [0.29, 0.717) is 18.0 Å². The van der Waals surface area contributed by atoms with Gasteiger partial charge >= 0.3 is 0 Å². The highest BCUT2D eigenvalue weighted by Gasteiger charge is 2.36. The van der Waals surface area contributed by atoms with Crippen LogP contribution in [0.25, 0.3) is 0 Å². The first-order valence-electron chi connectivity index (χ1n) is 9.78. The van der Waals surface area contributed by atoms with Gasteiger partial charge < -0.3 is 10.0 Å². The number of fused-ring (bicyclic) bond motifs is 1. The second-order valence-corrected chi connectivity index (χ2v) is 8.29. The number of azo groups is 1. The minimum atomic E-state index is 0.00305. The van der Waals surface area contributed by atoms with Crippen molar-refractivity contribution in [2.75, 3.05) is 18.1 Å². The normalized spacial score (nSPS) is 18.4. The highest BCUT2D eigenvalue weighted by molar-refractivity contribution is 5.94. The topological polar surface area (TPSA) is 65.3 Å². The van der Waals surface area contributed by atoms with Gasteiger partial charge in [-0.2, -0.15) is 10.2 Å². The summed E-state index contributed by atoms with van der Waals surface area (Å²) in [6, 6.07) is 11.4.